The van der Waals surface area contributed by atoms with Crippen molar-refractivity contribution in [2.75, 3.05) is 6.61 Å². The van der Waals surface area contributed by atoms with Crippen LogP contribution in [-0.2, 0) is 34.8 Å². The number of carbonyl (C=O) groups excluding carboxylic acids is 2. The Morgan fingerprint density at radius 2 is 1.92 bits per heavy atom. The van der Waals surface area contributed by atoms with Gasteiger partial charge in [-0.2, -0.15) is 9.48 Å². The average Bonchev–Trinajstić information content (AvgIpc) is 3.29. The van der Waals surface area contributed by atoms with Crippen LogP contribution in [0.25, 0.3) is 0 Å². The van der Waals surface area contributed by atoms with E-state index >= 15 is 0 Å². The van der Waals surface area contributed by atoms with Crippen LogP contribution in [0.5, 0.6) is 5.75 Å². The number of para-hydroxylation sites is 1. The Morgan fingerprint density at radius 1 is 1.26 bits per heavy atom. The molecule has 2 heterocycles. The van der Waals surface area contributed by atoms with Crippen LogP contribution in [0.15, 0.2) is 85.1 Å². The average molecular weight is 562 g/mol. The molecule has 13 heteroatoms. The number of halogens is 1. The zero-order valence-corrected chi connectivity index (χ0v) is 22.0. The number of hydrogen-bond donors (Lipinski definition) is 3. The van der Waals surface area contributed by atoms with Crippen molar-refractivity contribution < 1.29 is 42.2 Å². The predicted molar refractivity (Wildman–Crippen MR) is 137 cm³/mol. The van der Waals surface area contributed by atoms with Crippen LogP contribution in [-0.4, -0.2) is 53.0 Å². The van der Waals surface area contributed by atoms with Gasteiger partial charge < -0.3 is 29.3 Å². The molecule has 2 aliphatic rings. The number of nitrogens with zero attached hydrogens (tertiary/aromatic N) is 1. The first-order valence-corrected chi connectivity index (χ1v) is 13.6. The number of esters is 1. The van der Waals surface area contributed by atoms with Gasteiger partial charge in [0.2, 0.25) is 5.83 Å². The molecule has 0 bridgehead atoms. The molecule has 208 valence electrons. The maximum Gasteiger partial charge on any atom is 0.459 e. The Bertz CT molecular complexity index is 1260. The lowest BCUT2D eigenvalue weighted by Gasteiger charge is -2.31. The summed E-state index contributed by atoms with van der Waals surface area (Å²) < 4.78 is 49.8. The van der Waals surface area contributed by atoms with E-state index in [2.05, 4.69) is 17.0 Å². The first-order valence-electron chi connectivity index (χ1n) is 12.1. The fraction of sp³-hybridized carbons (Fsp3) is 0.308. The van der Waals surface area contributed by atoms with Crippen molar-refractivity contribution in [3.05, 3.63) is 90.7 Å². The molecule has 0 radical (unpaired) electrons. The van der Waals surface area contributed by atoms with Crippen LogP contribution < -0.4 is 14.9 Å². The van der Waals surface area contributed by atoms with Gasteiger partial charge in [-0.05, 0) is 24.6 Å². The van der Waals surface area contributed by atoms with E-state index in [4.69, 9.17) is 18.5 Å². The number of ether oxygens (including phenoxy) is 2. The van der Waals surface area contributed by atoms with E-state index < -0.39 is 56.5 Å². The van der Waals surface area contributed by atoms with Gasteiger partial charge in [0.1, 0.15) is 36.6 Å². The Kier molecular flexibility index (Phi) is 9.16. The molecule has 11 nitrogen and oxygen atoms in total. The molecule has 0 aliphatic carbocycles. The Hall–Kier alpha value is -3.54. The lowest BCUT2D eigenvalue weighted by atomic mass is 10.2. The van der Waals surface area contributed by atoms with Gasteiger partial charge in [0.25, 0.3) is 5.91 Å². The van der Waals surface area contributed by atoms with Crippen LogP contribution in [0, 0.1) is 0 Å². The smallest absolute Gasteiger partial charge is 0.459 e. The van der Waals surface area contributed by atoms with Crippen LogP contribution in [0.1, 0.15) is 18.9 Å². The zero-order valence-electron chi connectivity index (χ0n) is 21.1. The predicted octanol–water partition coefficient (Wildman–Crippen LogP) is 3.10. The lowest BCUT2D eigenvalue weighted by molar-refractivity contribution is -0.146. The van der Waals surface area contributed by atoms with Gasteiger partial charge in [-0.3, -0.25) is 14.1 Å². The highest BCUT2D eigenvalue weighted by Crippen LogP contribution is 2.45. The second kappa shape index (κ2) is 12.5. The molecule has 3 N–H and O–H groups in total. The van der Waals surface area contributed by atoms with Crippen molar-refractivity contribution in [1.82, 2.24) is 15.3 Å². The summed E-state index contributed by atoms with van der Waals surface area (Å²) in [6.07, 6.45) is -2.01. The van der Waals surface area contributed by atoms with E-state index in [0.29, 0.717) is 0 Å². The van der Waals surface area contributed by atoms with Gasteiger partial charge in [0.15, 0.2) is 0 Å². The molecule has 39 heavy (non-hydrogen) atoms. The third-order valence-corrected chi connectivity index (χ3v) is 7.50. The molecule has 2 aliphatic heterocycles. The summed E-state index contributed by atoms with van der Waals surface area (Å²) in [5.41, 5.74) is 0.783. The minimum absolute atomic E-state index is 0.0200. The quantitative estimate of drug-likeness (QED) is 0.277. The van der Waals surface area contributed by atoms with E-state index in [1.807, 2.05) is 18.2 Å². The summed E-state index contributed by atoms with van der Waals surface area (Å²) in [7, 11) is -4.21. The number of carbonyl (C=O) groups is 2. The number of aliphatic hydroxyl groups excluding tert-OH is 1. The number of aliphatic hydroxyl groups is 1. The minimum Gasteiger partial charge on any atom is -0.460 e. The SMILES string of the molecule is C=C1NC(=O)C(F)=CN1[C@H]1CC(O)[C@@H](COP(=O)(N[C@@H](C)C(=O)OCc2ccccc2)Oc2ccccc2)O1. The molecule has 1 saturated heterocycles. The van der Waals surface area contributed by atoms with E-state index in [9.17, 15) is 23.7 Å². The molecule has 2 aromatic rings. The van der Waals surface area contributed by atoms with E-state index in [1.54, 1.807) is 42.5 Å². The first-order chi connectivity index (χ1) is 18.6. The van der Waals surface area contributed by atoms with E-state index in [1.165, 1.54) is 11.8 Å². The second-order valence-electron chi connectivity index (χ2n) is 8.86. The molecule has 5 atom stereocenters. The molecule has 4 rings (SSSR count). The summed E-state index contributed by atoms with van der Waals surface area (Å²) in [6, 6.07) is 16.2. The van der Waals surface area contributed by atoms with Crippen molar-refractivity contribution in [1.29, 1.82) is 0 Å². The molecule has 1 fully saturated rings. The number of rotatable bonds is 11. The van der Waals surface area contributed by atoms with E-state index in [-0.39, 0.29) is 24.6 Å². The summed E-state index contributed by atoms with van der Waals surface area (Å²) in [5, 5.41) is 15.4. The number of amides is 1. The van der Waals surface area contributed by atoms with Crippen molar-refractivity contribution in [2.45, 2.75) is 44.4 Å². The van der Waals surface area contributed by atoms with Crippen LogP contribution in [0.2, 0.25) is 0 Å². The number of hydrogen-bond acceptors (Lipinski definition) is 9. The summed E-state index contributed by atoms with van der Waals surface area (Å²) in [6.45, 7) is 4.73. The van der Waals surface area contributed by atoms with Crippen LogP contribution in [0.4, 0.5) is 4.39 Å². The maximum atomic E-state index is 13.8. The highest BCUT2D eigenvalue weighted by Gasteiger charge is 2.41. The fourth-order valence-corrected chi connectivity index (χ4v) is 5.33. The van der Waals surface area contributed by atoms with Gasteiger partial charge in [-0.25, -0.2) is 4.57 Å². The molecule has 1 amide bonds. The van der Waals surface area contributed by atoms with Gasteiger partial charge in [-0.1, -0.05) is 55.1 Å². The Balaban J connectivity index is 1.40. The summed E-state index contributed by atoms with van der Waals surface area (Å²) >= 11 is 0. The highest BCUT2D eigenvalue weighted by molar-refractivity contribution is 7.52. The first kappa shape index (κ1) is 28.5. The van der Waals surface area contributed by atoms with Crippen LogP contribution in [0.3, 0.4) is 0 Å². The third kappa shape index (κ3) is 7.53. The number of nitrogens with one attached hydrogen (secondary N) is 2. The summed E-state index contributed by atoms with van der Waals surface area (Å²) in [5.74, 6) is -2.38. The van der Waals surface area contributed by atoms with Gasteiger partial charge in [0.05, 0.1) is 12.7 Å². The van der Waals surface area contributed by atoms with Gasteiger partial charge in [-0.15, -0.1) is 0 Å². The van der Waals surface area contributed by atoms with Crippen molar-refractivity contribution >= 4 is 19.6 Å². The van der Waals surface area contributed by atoms with Crippen molar-refractivity contribution in [2.24, 2.45) is 0 Å². The Morgan fingerprint density at radius 3 is 2.62 bits per heavy atom. The Labute approximate surface area is 224 Å². The van der Waals surface area contributed by atoms with Crippen LogP contribution >= 0.6 is 7.75 Å². The fourth-order valence-electron chi connectivity index (χ4n) is 3.83. The zero-order chi connectivity index (χ0) is 28.0. The standard InChI is InChI=1S/C26H29FN3O8P/c1-17(26(33)35-15-19-9-5-3-6-10-19)29-39(34,38-20-11-7-4-8-12-20)36-16-23-22(31)13-24(37-23)30-14-21(27)25(32)28-18(30)2/h3-12,14,17,22-24,31H,2,13,15-16H2,1H3,(H,28,32)(H,29,34)/t17-,22?,23+,24+,39?/m0/s1. The lowest BCUT2D eigenvalue weighted by Crippen LogP contribution is -2.42. The van der Waals surface area contributed by atoms with Gasteiger partial charge >= 0.3 is 13.7 Å². The number of benzene rings is 2. The molecule has 0 spiro atoms. The second-order valence-corrected chi connectivity index (χ2v) is 10.6. The van der Waals surface area contributed by atoms with Gasteiger partial charge in [0, 0.05) is 12.6 Å². The topological polar surface area (TPSA) is 136 Å². The normalized spacial score (nSPS) is 23.4. The molecule has 0 aromatic heterocycles. The maximum absolute atomic E-state index is 13.8. The minimum atomic E-state index is -4.21. The summed E-state index contributed by atoms with van der Waals surface area (Å²) in [4.78, 5) is 25.3. The highest BCUT2D eigenvalue weighted by atomic mass is 31.2. The van der Waals surface area contributed by atoms with E-state index in [0.717, 1.165) is 11.8 Å². The monoisotopic (exact) mass is 561 g/mol. The van der Waals surface area contributed by atoms with Crippen molar-refractivity contribution in [3.8, 4) is 5.75 Å². The third-order valence-electron chi connectivity index (χ3n) is 5.86. The molecule has 2 unspecified atom stereocenters. The molecular formula is C26H29FN3O8P. The largest absolute Gasteiger partial charge is 0.460 e. The molecule has 2 aromatic carbocycles. The van der Waals surface area contributed by atoms with Crippen molar-refractivity contribution in [3.63, 3.8) is 0 Å². The molecule has 0 saturated carbocycles. The molecular weight excluding hydrogens is 532 g/mol.